The van der Waals surface area contributed by atoms with Gasteiger partial charge >= 0.3 is 5.97 Å². The van der Waals surface area contributed by atoms with Gasteiger partial charge in [0, 0.05) is 30.3 Å². The number of hydrogen-bond donors (Lipinski definition) is 1. The molecule has 0 aliphatic rings. The Morgan fingerprint density at radius 2 is 2.12 bits per heavy atom. The molecule has 3 heteroatoms. The fraction of sp³-hybridized carbons (Fsp3) is 0.214. The van der Waals surface area contributed by atoms with E-state index in [-0.39, 0.29) is 0 Å². The highest BCUT2D eigenvalue weighted by molar-refractivity contribution is 5.98. The number of benzene rings is 1. The zero-order valence-electron chi connectivity index (χ0n) is 10.2. The Hall–Kier alpha value is -2.03. The molecule has 3 nitrogen and oxygen atoms in total. The van der Waals surface area contributed by atoms with Crippen LogP contribution in [0, 0.1) is 6.92 Å². The van der Waals surface area contributed by atoms with Crippen molar-refractivity contribution in [3.63, 3.8) is 0 Å². The number of fused-ring (bicyclic) bond motifs is 1. The fourth-order valence-corrected chi connectivity index (χ4v) is 2.25. The molecule has 1 N–H and O–H groups in total. The number of hydrogen-bond acceptors (Lipinski definition) is 1. The quantitative estimate of drug-likeness (QED) is 0.804. The topological polar surface area (TPSA) is 42.2 Å². The lowest BCUT2D eigenvalue weighted by Crippen LogP contribution is -1.89. The summed E-state index contributed by atoms with van der Waals surface area (Å²) in [6, 6.07) is 6.08. The van der Waals surface area contributed by atoms with Crippen LogP contribution in [-0.4, -0.2) is 15.6 Å². The highest BCUT2D eigenvalue weighted by atomic mass is 16.4. The van der Waals surface area contributed by atoms with E-state index >= 15 is 0 Å². The van der Waals surface area contributed by atoms with Crippen LogP contribution < -0.4 is 0 Å². The van der Waals surface area contributed by atoms with Gasteiger partial charge in [0.1, 0.15) is 0 Å². The first kappa shape index (κ1) is 11.5. The Morgan fingerprint density at radius 3 is 2.76 bits per heavy atom. The van der Waals surface area contributed by atoms with Gasteiger partial charge in [0.25, 0.3) is 0 Å². The van der Waals surface area contributed by atoms with Gasteiger partial charge in [0.05, 0.1) is 5.52 Å². The van der Waals surface area contributed by atoms with Crippen molar-refractivity contribution >= 4 is 22.4 Å². The van der Waals surface area contributed by atoms with Crippen LogP contribution in [0.5, 0.6) is 0 Å². The van der Waals surface area contributed by atoms with Crippen LogP contribution in [0.15, 0.2) is 30.5 Å². The summed E-state index contributed by atoms with van der Waals surface area (Å²) in [6.45, 7) is 3.88. The zero-order chi connectivity index (χ0) is 12.6. The van der Waals surface area contributed by atoms with Gasteiger partial charge in [-0.05, 0) is 25.0 Å². The van der Waals surface area contributed by atoms with Gasteiger partial charge in [-0.15, -0.1) is 0 Å². The predicted octanol–water partition coefficient (Wildman–Crippen LogP) is 2.97. The lowest BCUT2D eigenvalue weighted by molar-refractivity contribution is -0.131. The Labute approximate surface area is 100.0 Å². The Morgan fingerprint density at radius 1 is 1.41 bits per heavy atom. The zero-order valence-corrected chi connectivity index (χ0v) is 10.2. The van der Waals surface area contributed by atoms with Crippen molar-refractivity contribution in [2.75, 3.05) is 0 Å². The molecule has 2 rings (SSSR count). The second-order valence-electron chi connectivity index (χ2n) is 4.29. The van der Waals surface area contributed by atoms with E-state index in [2.05, 4.69) is 13.0 Å². The summed E-state index contributed by atoms with van der Waals surface area (Å²) in [5.41, 5.74) is 4.10. The molecule has 0 unspecified atom stereocenters. The number of para-hydroxylation sites is 1. The smallest absolute Gasteiger partial charge is 0.328 e. The first-order valence-electron chi connectivity index (χ1n) is 5.47. The third kappa shape index (κ3) is 1.96. The molecule has 1 aromatic heterocycles. The van der Waals surface area contributed by atoms with E-state index in [1.165, 1.54) is 11.6 Å². The molecule has 0 amide bonds. The van der Waals surface area contributed by atoms with Gasteiger partial charge in [0.15, 0.2) is 0 Å². The number of carboxylic acid groups (broad SMARTS) is 1. The van der Waals surface area contributed by atoms with Gasteiger partial charge in [-0.2, -0.15) is 0 Å². The minimum absolute atomic E-state index is 0.772. The molecule has 1 aromatic carbocycles. The average Bonchev–Trinajstić information content (AvgIpc) is 2.56. The Bertz CT molecular complexity index is 620. The van der Waals surface area contributed by atoms with E-state index in [0.717, 1.165) is 22.0 Å². The van der Waals surface area contributed by atoms with Crippen LogP contribution in [0.25, 0.3) is 16.5 Å². The minimum Gasteiger partial charge on any atom is -0.478 e. The van der Waals surface area contributed by atoms with E-state index in [9.17, 15) is 4.79 Å². The molecule has 2 aromatic rings. The highest BCUT2D eigenvalue weighted by Gasteiger charge is 2.10. The first-order chi connectivity index (χ1) is 8.00. The third-order valence-corrected chi connectivity index (χ3v) is 2.97. The summed E-state index contributed by atoms with van der Waals surface area (Å²) in [4.78, 5) is 10.7. The van der Waals surface area contributed by atoms with Crippen molar-refractivity contribution < 1.29 is 9.90 Å². The molecule has 0 spiro atoms. The number of carboxylic acids is 1. The lowest BCUT2D eigenvalue weighted by atomic mass is 10.0. The monoisotopic (exact) mass is 229 g/mol. The van der Waals surface area contributed by atoms with E-state index in [1.54, 1.807) is 0 Å². The summed E-state index contributed by atoms with van der Waals surface area (Å²) in [7, 11) is 1.98. The molecular weight excluding hydrogens is 214 g/mol. The van der Waals surface area contributed by atoms with Crippen LogP contribution in [0.1, 0.15) is 18.1 Å². The number of allylic oxidation sites excluding steroid dienone is 1. The second kappa shape index (κ2) is 4.09. The molecule has 0 aliphatic heterocycles. The summed E-state index contributed by atoms with van der Waals surface area (Å²) in [5.74, 6) is -0.910. The molecule has 0 bridgehead atoms. The van der Waals surface area contributed by atoms with Crippen LogP contribution in [0.3, 0.4) is 0 Å². The molecule has 0 radical (unpaired) electrons. The molecule has 0 saturated carbocycles. The molecule has 0 atom stereocenters. The van der Waals surface area contributed by atoms with Gasteiger partial charge in [-0.1, -0.05) is 18.2 Å². The van der Waals surface area contributed by atoms with Crippen molar-refractivity contribution in [3.8, 4) is 0 Å². The Balaban J connectivity index is 2.72. The first-order valence-corrected chi connectivity index (χ1v) is 5.47. The van der Waals surface area contributed by atoms with Gasteiger partial charge in [-0.25, -0.2) is 4.79 Å². The van der Waals surface area contributed by atoms with E-state index < -0.39 is 5.97 Å². The van der Waals surface area contributed by atoms with E-state index in [4.69, 9.17) is 5.11 Å². The SMILES string of the molecule is C/C(=C\C(=O)O)c1cn(C)c2c(C)cccc12. The van der Waals surface area contributed by atoms with Crippen molar-refractivity contribution in [2.24, 2.45) is 7.05 Å². The maximum absolute atomic E-state index is 10.7. The number of nitrogens with zero attached hydrogens (tertiary/aromatic N) is 1. The van der Waals surface area contributed by atoms with Gasteiger partial charge in [-0.3, -0.25) is 0 Å². The van der Waals surface area contributed by atoms with Gasteiger partial charge in [0.2, 0.25) is 0 Å². The molecule has 88 valence electrons. The minimum atomic E-state index is -0.910. The maximum atomic E-state index is 10.7. The average molecular weight is 229 g/mol. The number of rotatable bonds is 2. The number of carbonyl (C=O) groups is 1. The van der Waals surface area contributed by atoms with Crippen LogP contribution in [0.2, 0.25) is 0 Å². The molecular formula is C14H15NO2. The molecule has 0 fully saturated rings. The Kier molecular flexibility index (Phi) is 2.76. The maximum Gasteiger partial charge on any atom is 0.328 e. The normalized spacial score (nSPS) is 12.1. The van der Waals surface area contributed by atoms with E-state index in [1.807, 2.05) is 36.9 Å². The van der Waals surface area contributed by atoms with Crippen molar-refractivity contribution in [1.82, 2.24) is 4.57 Å². The van der Waals surface area contributed by atoms with Crippen LogP contribution in [0.4, 0.5) is 0 Å². The number of aliphatic carboxylic acids is 1. The number of aromatic nitrogens is 1. The largest absolute Gasteiger partial charge is 0.478 e. The highest BCUT2D eigenvalue weighted by Crippen LogP contribution is 2.28. The number of aryl methyl sites for hydroxylation is 2. The summed E-state index contributed by atoms with van der Waals surface area (Å²) in [6.07, 6.45) is 3.23. The van der Waals surface area contributed by atoms with Crippen molar-refractivity contribution in [3.05, 3.63) is 41.6 Å². The third-order valence-electron chi connectivity index (χ3n) is 2.97. The summed E-state index contributed by atoms with van der Waals surface area (Å²) < 4.78 is 2.04. The van der Waals surface area contributed by atoms with Crippen LogP contribution in [-0.2, 0) is 11.8 Å². The standard InChI is InChI=1S/C14H15NO2/c1-9-5-4-6-11-12(8-15(3)14(9)11)10(2)7-13(16)17/h4-8H,1-3H3,(H,16,17)/b10-7+. The fourth-order valence-electron chi connectivity index (χ4n) is 2.25. The predicted molar refractivity (Wildman–Crippen MR) is 68.9 cm³/mol. The van der Waals surface area contributed by atoms with Gasteiger partial charge < -0.3 is 9.67 Å². The van der Waals surface area contributed by atoms with Crippen molar-refractivity contribution in [2.45, 2.75) is 13.8 Å². The molecule has 0 saturated heterocycles. The second-order valence-corrected chi connectivity index (χ2v) is 4.29. The van der Waals surface area contributed by atoms with E-state index in [0.29, 0.717) is 0 Å². The molecule has 0 aliphatic carbocycles. The molecule has 1 heterocycles. The summed E-state index contributed by atoms with van der Waals surface area (Å²) in [5, 5.41) is 9.90. The summed E-state index contributed by atoms with van der Waals surface area (Å²) >= 11 is 0. The van der Waals surface area contributed by atoms with Crippen molar-refractivity contribution in [1.29, 1.82) is 0 Å². The lowest BCUT2D eigenvalue weighted by Gasteiger charge is -2.00. The van der Waals surface area contributed by atoms with Crippen LogP contribution >= 0.6 is 0 Å². The molecule has 17 heavy (non-hydrogen) atoms.